The first kappa shape index (κ1) is 22.0. The molecule has 0 atom stereocenters. The number of benzene rings is 1. The van der Waals surface area contributed by atoms with E-state index in [0.29, 0.717) is 0 Å². The monoisotopic (exact) mass is 347 g/mol. The summed E-state index contributed by atoms with van der Waals surface area (Å²) < 4.78 is 0. The third-order valence-electron chi connectivity index (χ3n) is 5.05. The van der Waals surface area contributed by atoms with E-state index in [1.807, 2.05) is 13.8 Å². The van der Waals surface area contributed by atoms with E-state index in [0.717, 1.165) is 12.1 Å². The zero-order chi connectivity index (χ0) is 18.5. The molecule has 2 aliphatic rings. The summed E-state index contributed by atoms with van der Waals surface area (Å²) in [4.78, 5) is 5.18. The van der Waals surface area contributed by atoms with Crippen molar-refractivity contribution in [3.8, 4) is 0 Å². The fourth-order valence-electron chi connectivity index (χ4n) is 3.73. The van der Waals surface area contributed by atoms with Crippen molar-refractivity contribution < 1.29 is 0 Å². The Kier molecular flexibility index (Phi) is 11.6. The van der Waals surface area contributed by atoms with Crippen LogP contribution < -0.4 is 10.2 Å². The van der Waals surface area contributed by atoms with Crippen molar-refractivity contribution in [2.24, 2.45) is 0 Å². The standard InChI is InChI=1S/C17H27N3.C3H8.C2H6/c1-19(15-5-3-2-4-6-15)16-7-9-17(10-8-16)20-13-11-18-12-14-20;1-3-2;1-2/h2-6,16-18H,7-14H2,1H3;3H2,1-2H3;1-2H3. The van der Waals surface area contributed by atoms with Gasteiger partial charge < -0.3 is 10.2 Å². The van der Waals surface area contributed by atoms with Crippen LogP contribution in [0.25, 0.3) is 0 Å². The van der Waals surface area contributed by atoms with Crippen LogP contribution in [0.4, 0.5) is 5.69 Å². The molecule has 1 N–H and O–H groups in total. The van der Waals surface area contributed by atoms with Crippen LogP contribution in [0.2, 0.25) is 0 Å². The van der Waals surface area contributed by atoms with Gasteiger partial charge in [-0.2, -0.15) is 0 Å². The first-order valence-electron chi connectivity index (χ1n) is 10.5. The van der Waals surface area contributed by atoms with Crippen LogP contribution in [0.1, 0.15) is 59.8 Å². The number of hydrogen-bond acceptors (Lipinski definition) is 3. The van der Waals surface area contributed by atoms with Crippen molar-refractivity contribution in [1.82, 2.24) is 10.2 Å². The van der Waals surface area contributed by atoms with Gasteiger partial charge in [-0.3, -0.25) is 4.90 Å². The van der Waals surface area contributed by atoms with Gasteiger partial charge in [0.2, 0.25) is 0 Å². The fourth-order valence-corrected chi connectivity index (χ4v) is 3.73. The second kappa shape index (κ2) is 13.2. The molecule has 1 aliphatic carbocycles. The van der Waals surface area contributed by atoms with E-state index < -0.39 is 0 Å². The zero-order valence-electron chi connectivity index (χ0n) is 17.3. The lowest BCUT2D eigenvalue weighted by Gasteiger charge is -2.41. The van der Waals surface area contributed by atoms with Crippen molar-refractivity contribution in [3.05, 3.63) is 30.3 Å². The van der Waals surface area contributed by atoms with E-state index in [-0.39, 0.29) is 0 Å². The molecular formula is C22H41N3. The van der Waals surface area contributed by atoms with Crippen molar-refractivity contribution in [2.45, 2.75) is 71.9 Å². The van der Waals surface area contributed by atoms with Crippen LogP contribution in [0.15, 0.2) is 30.3 Å². The van der Waals surface area contributed by atoms with Gasteiger partial charge in [0.15, 0.2) is 0 Å². The Morgan fingerprint density at radius 2 is 1.48 bits per heavy atom. The number of nitrogens with one attached hydrogen (secondary N) is 1. The summed E-state index contributed by atoms with van der Waals surface area (Å²) in [6, 6.07) is 12.4. The predicted molar refractivity (Wildman–Crippen MR) is 113 cm³/mol. The third kappa shape index (κ3) is 7.37. The molecule has 3 nitrogen and oxygen atoms in total. The van der Waals surface area contributed by atoms with Gasteiger partial charge in [-0.1, -0.05) is 52.3 Å². The van der Waals surface area contributed by atoms with Crippen LogP contribution >= 0.6 is 0 Å². The molecule has 0 aromatic heterocycles. The van der Waals surface area contributed by atoms with Gasteiger partial charge in [-0.25, -0.2) is 0 Å². The quantitative estimate of drug-likeness (QED) is 0.849. The maximum absolute atomic E-state index is 3.45. The molecule has 1 aromatic carbocycles. The highest BCUT2D eigenvalue weighted by Crippen LogP contribution is 2.28. The average molecular weight is 348 g/mol. The normalized spacial score (nSPS) is 23.6. The minimum Gasteiger partial charge on any atom is -0.372 e. The first-order valence-corrected chi connectivity index (χ1v) is 10.5. The molecule has 3 rings (SSSR count). The lowest BCUT2D eigenvalue weighted by Crippen LogP contribution is -2.50. The molecular weight excluding hydrogens is 306 g/mol. The third-order valence-corrected chi connectivity index (χ3v) is 5.05. The minimum atomic E-state index is 0.719. The molecule has 0 spiro atoms. The minimum absolute atomic E-state index is 0.719. The molecule has 0 amide bonds. The Labute approximate surface area is 156 Å². The first-order chi connectivity index (χ1) is 12.3. The molecule has 1 heterocycles. The van der Waals surface area contributed by atoms with Crippen LogP contribution in [0.3, 0.4) is 0 Å². The van der Waals surface area contributed by atoms with Gasteiger partial charge in [-0.05, 0) is 37.8 Å². The number of rotatable bonds is 3. The molecule has 144 valence electrons. The molecule has 1 saturated heterocycles. The second-order valence-electron chi connectivity index (χ2n) is 6.90. The Hall–Kier alpha value is -1.06. The van der Waals surface area contributed by atoms with Crippen LogP contribution in [0.5, 0.6) is 0 Å². The van der Waals surface area contributed by atoms with E-state index in [1.54, 1.807) is 0 Å². The lowest BCUT2D eigenvalue weighted by molar-refractivity contribution is 0.133. The maximum Gasteiger partial charge on any atom is 0.0366 e. The van der Waals surface area contributed by atoms with Gasteiger partial charge >= 0.3 is 0 Å². The number of nitrogens with zero attached hydrogens (tertiary/aromatic N) is 2. The molecule has 2 fully saturated rings. The van der Waals surface area contributed by atoms with E-state index in [4.69, 9.17) is 0 Å². The Balaban J connectivity index is 0.000000567. The van der Waals surface area contributed by atoms with Gasteiger partial charge in [0.1, 0.15) is 0 Å². The van der Waals surface area contributed by atoms with E-state index >= 15 is 0 Å². The maximum atomic E-state index is 3.45. The second-order valence-corrected chi connectivity index (χ2v) is 6.90. The predicted octanol–water partition coefficient (Wildman–Crippen LogP) is 4.78. The van der Waals surface area contributed by atoms with Gasteiger partial charge in [-0.15, -0.1) is 0 Å². The molecule has 3 heteroatoms. The largest absolute Gasteiger partial charge is 0.372 e. The summed E-state index contributed by atoms with van der Waals surface area (Å²) in [5.74, 6) is 0. The number of para-hydroxylation sites is 1. The summed E-state index contributed by atoms with van der Waals surface area (Å²) >= 11 is 0. The summed E-state index contributed by atoms with van der Waals surface area (Å²) in [6.45, 7) is 13.1. The number of hydrogen-bond donors (Lipinski definition) is 1. The number of piperazine rings is 1. The lowest BCUT2D eigenvalue weighted by atomic mass is 9.89. The Morgan fingerprint density at radius 1 is 0.960 bits per heavy atom. The SMILES string of the molecule is CC.CCC.CN(c1ccccc1)C1CCC(N2CCNCC2)CC1. The summed E-state index contributed by atoms with van der Waals surface area (Å²) in [5.41, 5.74) is 1.36. The van der Waals surface area contributed by atoms with Gasteiger partial charge in [0, 0.05) is 51.0 Å². The Morgan fingerprint density at radius 3 is 2.00 bits per heavy atom. The highest BCUT2D eigenvalue weighted by Gasteiger charge is 2.28. The van der Waals surface area contributed by atoms with Gasteiger partial charge in [0.25, 0.3) is 0 Å². The van der Waals surface area contributed by atoms with E-state index in [1.165, 1.54) is 64.0 Å². The van der Waals surface area contributed by atoms with Crippen LogP contribution in [-0.2, 0) is 0 Å². The fraction of sp³-hybridized carbons (Fsp3) is 0.727. The van der Waals surface area contributed by atoms with Gasteiger partial charge in [0.05, 0.1) is 0 Å². The number of anilines is 1. The van der Waals surface area contributed by atoms with E-state index in [2.05, 4.69) is 66.3 Å². The van der Waals surface area contributed by atoms with Crippen molar-refractivity contribution >= 4 is 5.69 Å². The van der Waals surface area contributed by atoms with Crippen molar-refractivity contribution in [2.75, 3.05) is 38.1 Å². The molecule has 0 radical (unpaired) electrons. The van der Waals surface area contributed by atoms with Crippen molar-refractivity contribution in [3.63, 3.8) is 0 Å². The highest BCUT2D eigenvalue weighted by molar-refractivity contribution is 5.46. The highest BCUT2D eigenvalue weighted by atomic mass is 15.2. The molecule has 1 saturated carbocycles. The molecule has 0 unspecified atom stereocenters. The zero-order valence-corrected chi connectivity index (χ0v) is 17.3. The summed E-state index contributed by atoms with van der Waals surface area (Å²) in [7, 11) is 2.26. The molecule has 0 bridgehead atoms. The van der Waals surface area contributed by atoms with Crippen molar-refractivity contribution in [1.29, 1.82) is 0 Å². The van der Waals surface area contributed by atoms with Crippen LogP contribution in [0, 0.1) is 0 Å². The molecule has 1 aliphatic heterocycles. The smallest absolute Gasteiger partial charge is 0.0366 e. The summed E-state index contributed by atoms with van der Waals surface area (Å²) in [5, 5.41) is 3.45. The Bertz CT molecular complexity index is 407. The molecule has 25 heavy (non-hydrogen) atoms. The summed E-state index contributed by atoms with van der Waals surface area (Å²) in [6.07, 6.45) is 6.64. The average Bonchev–Trinajstić information content (AvgIpc) is 2.71. The topological polar surface area (TPSA) is 18.5 Å². The molecule has 1 aromatic rings. The van der Waals surface area contributed by atoms with Crippen LogP contribution in [-0.4, -0.2) is 50.2 Å². The van der Waals surface area contributed by atoms with E-state index in [9.17, 15) is 0 Å².